The van der Waals surface area contributed by atoms with Gasteiger partial charge in [0.05, 0.1) is 6.42 Å². The van der Waals surface area contributed by atoms with Gasteiger partial charge in [0.2, 0.25) is 0 Å². The van der Waals surface area contributed by atoms with Gasteiger partial charge in [0.15, 0.2) is 0 Å². The third-order valence-electron chi connectivity index (χ3n) is 3.74. The maximum absolute atomic E-state index is 12.5. The first-order valence-corrected chi connectivity index (χ1v) is 6.81. The van der Waals surface area contributed by atoms with Gasteiger partial charge in [0.1, 0.15) is 5.75 Å². The van der Waals surface area contributed by atoms with Crippen molar-refractivity contribution in [3.63, 3.8) is 0 Å². The Morgan fingerprint density at radius 3 is 2.75 bits per heavy atom. The molecular weight excluding hydrogens is 258 g/mol. The molecule has 0 saturated carbocycles. The number of phenolic OH excluding ortho intramolecular Hbond substituents is 1. The maximum Gasteiger partial charge on any atom is 0.305 e. The van der Waals surface area contributed by atoms with Crippen LogP contribution in [0.25, 0.3) is 0 Å². The summed E-state index contributed by atoms with van der Waals surface area (Å²) in [5, 5.41) is 18.4. The summed E-state index contributed by atoms with van der Waals surface area (Å²) in [6, 6.07) is 4.49. The number of likely N-dealkylation sites (tertiary alicyclic amines) is 1. The number of carbonyl (C=O) groups is 2. The number of benzene rings is 1. The summed E-state index contributed by atoms with van der Waals surface area (Å²) < 4.78 is 0. The summed E-state index contributed by atoms with van der Waals surface area (Å²) in [5.74, 6) is -0.877. The van der Waals surface area contributed by atoms with Crippen molar-refractivity contribution in [2.75, 3.05) is 6.54 Å². The summed E-state index contributed by atoms with van der Waals surface area (Å²) in [6.45, 7) is 2.33. The molecule has 2 rings (SSSR count). The number of aliphatic carboxylic acids is 1. The van der Waals surface area contributed by atoms with Gasteiger partial charge in [-0.1, -0.05) is 0 Å². The molecule has 0 spiro atoms. The lowest BCUT2D eigenvalue weighted by Crippen LogP contribution is -2.44. The van der Waals surface area contributed by atoms with E-state index in [4.69, 9.17) is 5.11 Å². The Morgan fingerprint density at radius 2 is 2.10 bits per heavy atom. The number of aromatic hydroxyl groups is 1. The van der Waals surface area contributed by atoms with Crippen molar-refractivity contribution in [2.24, 2.45) is 0 Å². The van der Waals surface area contributed by atoms with Crippen LogP contribution in [-0.2, 0) is 4.79 Å². The number of aryl methyl sites for hydroxylation is 1. The third kappa shape index (κ3) is 3.10. The summed E-state index contributed by atoms with van der Waals surface area (Å²) in [4.78, 5) is 25.1. The minimum atomic E-state index is -0.878. The average molecular weight is 277 g/mol. The molecular formula is C15H19NO4. The highest BCUT2D eigenvalue weighted by atomic mass is 16.4. The predicted molar refractivity (Wildman–Crippen MR) is 73.8 cm³/mol. The minimum absolute atomic E-state index is 0.0111. The Balaban J connectivity index is 2.20. The number of carbonyl (C=O) groups excluding carboxylic acids is 1. The van der Waals surface area contributed by atoms with Crippen molar-refractivity contribution in [1.82, 2.24) is 4.90 Å². The van der Waals surface area contributed by atoms with Gasteiger partial charge in [-0.25, -0.2) is 0 Å². The van der Waals surface area contributed by atoms with Crippen LogP contribution in [0, 0.1) is 6.92 Å². The fraction of sp³-hybridized carbons (Fsp3) is 0.467. The summed E-state index contributed by atoms with van der Waals surface area (Å²) in [7, 11) is 0. The first kappa shape index (κ1) is 14.4. The number of carboxylic acid groups (broad SMARTS) is 1. The van der Waals surface area contributed by atoms with Crippen LogP contribution in [0.1, 0.15) is 41.6 Å². The normalized spacial score (nSPS) is 18.9. The number of amides is 1. The Labute approximate surface area is 117 Å². The van der Waals surface area contributed by atoms with E-state index in [1.165, 1.54) is 6.07 Å². The number of rotatable bonds is 3. The molecule has 1 amide bonds. The molecule has 108 valence electrons. The van der Waals surface area contributed by atoms with E-state index in [1.807, 2.05) is 0 Å². The van der Waals surface area contributed by atoms with Crippen molar-refractivity contribution in [1.29, 1.82) is 0 Å². The lowest BCUT2D eigenvalue weighted by atomic mass is 9.98. The highest BCUT2D eigenvalue weighted by Gasteiger charge is 2.29. The van der Waals surface area contributed by atoms with Gasteiger partial charge in [-0.2, -0.15) is 0 Å². The summed E-state index contributed by atoms with van der Waals surface area (Å²) in [5.41, 5.74) is 1.14. The molecule has 0 radical (unpaired) electrons. The van der Waals surface area contributed by atoms with E-state index in [0.29, 0.717) is 17.7 Å². The number of hydrogen-bond acceptors (Lipinski definition) is 3. The van der Waals surface area contributed by atoms with Crippen LogP contribution in [0.4, 0.5) is 0 Å². The number of piperidine rings is 1. The lowest BCUT2D eigenvalue weighted by molar-refractivity contribution is -0.138. The molecule has 1 aromatic carbocycles. The standard InChI is InChI=1S/C15H19NO4/c1-10-8-11(5-6-13(10)17)15(20)16-7-3-2-4-12(16)9-14(18)19/h5-6,8,12,17H,2-4,7,9H2,1H3,(H,18,19)/t12-/m1/s1. The zero-order chi connectivity index (χ0) is 14.7. The highest BCUT2D eigenvalue weighted by molar-refractivity contribution is 5.95. The highest BCUT2D eigenvalue weighted by Crippen LogP contribution is 2.24. The predicted octanol–water partition coefficient (Wildman–Crippen LogP) is 2.17. The molecule has 1 aromatic rings. The minimum Gasteiger partial charge on any atom is -0.508 e. The van der Waals surface area contributed by atoms with E-state index in [9.17, 15) is 14.7 Å². The van der Waals surface area contributed by atoms with Crippen LogP contribution in [0.2, 0.25) is 0 Å². The second kappa shape index (κ2) is 5.94. The van der Waals surface area contributed by atoms with Crippen molar-refractivity contribution in [3.8, 4) is 5.75 Å². The zero-order valence-corrected chi connectivity index (χ0v) is 11.5. The van der Waals surface area contributed by atoms with Gasteiger partial charge in [-0.05, 0) is 49.9 Å². The smallest absolute Gasteiger partial charge is 0.305 e. The number of hydrogen-bond donors (Lipinski definition) is 2. The van der Waals surface area contributed by atoms with Crippen LogP contribution in [0.15, 0.2) is 18.2 Å². The topological polar surface area (TPSA) is 77.8 Å². The first-order valence-electron chi connectivity index (χ1n) is 6.81. The Hall–Kier alpha value is -2.04. The Morgan fingerprint density at radius 1 is 1.35 bits per heavy atom. The molecule has 0 unspecified atom stereocenters. The number of carboxylic acids is 1. The molecule has 0 bridgehead atoms. The molecule has 20 heavy (non-hydrogen) atoms. The average Bonchev–Trinajstić information content (AvgIpc) is 2.41. The van der Waals surface area contributed by atoms with Crippen molar-refractivity contribution >= 4 is 11.9 Å². The van der Waals surface area contributed by atoms with E-state index in [-0.39, 0.29) is 24.1 Å². The molecule has 5 heteroatoms. The second-order valence-corrected chi connectivity index (χ2v) is 5.25. The molecule has 0 aliphatic carbocycles. The Bertz CT molecular complexity index is 527. The molecule has 1 aliphatic heterocycles. The van der Waals surface area contributed by atoms with Gasteiger partial charge < -0.3 is 15.1 Å². The SMILES string of the molecule is Cc1cc(C(=O)N2CCCC[C@@H]2CC(=O)O)ccc1O. The molecule has 1 atom stereocenters. The van der Waals surface area contributed by atoms with E-state index in [0.717, 1.165) is 19.3 Å². The van der Waals surface area contributed by atoms with E-state index in [1.54, 1.807) is 24.0 Å². The Kier molecular flexibility index (Phi) is 4.27. The van der Waals surface area contributed by atoms with E-state index >= 15 is 0 Å². The summed E-state index contributed by atoms with van der Waals surface area (Å²) in [6.07, 6.45) is 2.58. The monoisotopic (exact) mass is 277 g/mol. The zero-order valence-electron chi connectivity index (χ0n) is 11.5. The molecule has 1 heterocycles. The van der Waals surface area contributed by atoms with Crippen molar-refractivity contribution in [3.05, 3.63) is 29.3 Å². The van der Waals surface area contributed by atoms with Gasteiger partial charge >= 0.3 is 5.97 Å². The molecule has 1 fully saturated rings. The maximum atomic E-state index is 12.5. The molecule has 1 aliphatic rings. The van der Waals surface area contributed by atoms with E-state index in [2.05, 4.69) is 0 Å². The fourth-order valence-corrected chi connectivity index (χ4v) is 2.64. The van der Waals surface area contributed by atoms with Gasteiger partial charge in [0, 0.05) is 18.2 Å². The van der Waals surface area contributed by atoms with Crippen molar-refractivity contribution in [2.45, 2.75) is 38.6 Å². The van der Waals surface area contributed by atoms with Crippen LogP contribution in [0.5, 0.6) is 5.75 Å². The van der Waals surface area contributed by atoms with Crippen LogP contribution in [-0.4, -0.2) is 39.6 Å². The molecule has 1 saturated heterocycles. The number of phenols is 1. The molecule has 0 aromatic heterocycles. The van der Waals surface area contributed by atoms with Crippen molar-refractivity contribution < 1.29 is 19.8 Å². The second-order valence-electron chi connectivity index (χ2n) is 5.25. The quantitative estimate of drug-likeness (QED) is 0.887. The van der Waals surface area contributed by atoms with Gasteiger partial charge in [-0.15, -0.1) is 0 Å². The van der Waals surface area contributed by atoms with Gasteiger partial charge in [-0.3, -0.25) is 9.59 Å². The first-order chi connectivity index (χ1) is 9.49. The van der Waals surface area contributed by atoms with Gasteiger partial charge in [0.25, 0.3) is 5.91 Å². The largest absolute Gasteiger partial charge is 0.508 e. The fourth-order valence-electron chi connectivity index (χ4n) is 2.64. The van der Waals surface area contributed by atoms with Crippen LogP contribution >= 0.6 is 0 Å². The third-order valence-corrected chi connectivity index (χ3v) is 3.74. The molecule has 2 N–H and O–H groups in total. The number of nitrogens with zero attached hydrogens (tertiary/aromatic N) is 1. The molecule has 5 nitrogen and oxygen atoms in total. The lowest BCUT2D eigenvalue weighted by Gasteiger charge is -2.35. The van der Waals surface area contributed by atoms with Crippen LogP contribution < -0.4 is 0 Å². The van der Waals surface area contributed by atoms with E-state index < -0.39 is 5.97 Å². The summed E-state index contributed by atoms with van der Waals surface area (Å²) >= 11 is 0. The van der Waals surface area contributed by atoms with Crippen LogP contribution in [0.3, 0.4) is 0 Å².